The van der Waals surface area contributed by atoms with Gasteiger partial charge in [0.05, 0.1) is 5.56 Å². The van der Waals surface area contributed by atoms with Gasteiger partial charge in [-0.15, -0.1) is 0 Å². The molecule has 0 spiro atoms. The standard InChI is InChI=1S/C15H12F3N3O3/c16-15(17,18)12-11(2-1-7-19-12)14(23)20-8-9-3-5-10(6-4-9)13(22)21-24/h1-7,24H,8H2,(H,20,23)(H,21,22). The summed E-state index contributed by atoms with van der Waals surface area (Å²) in [5.74, 6) is -1.61. The first-order valence-electron chi connectivity index (χ1n) is 6.66. The smallest absolute Gasteiger partial charge is 0.348 e. The van der Waals surface area contributed by atoms with Crippen LogP contribution >= 0.6 is 0 Å². The lowest BCUT2D eigenvalue weighted by Gasteiger charge is -2.11. The Balaban J connectivity index is 2.08. The van der Waals surface area contributed by atoms with Crippen LogP contribution in [0.25, 0.3) is 0 Å². The molecule has 0 aliphatic carbocycles. The molecule has 0 saturated heterocycles. The summed E-state index contributed by atoms with van der Waals surface area (Å²) in [4.78, 5) is 26.3. The zero-order valence-electron chi connectivity index (χ0n) is 12.1. The zero-order valence-corrected chi connectivity index (χ0v) is 12.1. The number of amides is 2. The van der Waals surface area contributed by atoms with Crippen molar-refractivity contribution in [1.29, 1.82) is 0 Å². The molecule has 3 N–H and O–H groups in total. The van der Waals surface area contributed by atoms with E-state index in [2.05, 4.69) is 10.3 Å². The van der Waals surface area contributed by atoms with Crippen LogP contribution in [0.15, 0.2) is 42.6 Å². The molecule has 0 fully saturated rings. The summed E-state index contributed by atoms with van der Waals surface area (Å²) in [7, 11) is 0. The van der Waals surface area contributed by atoms with Gasteiger partial charge in [-0.05, 0) is 29.8 Å². The molecule has 1 aromatic carbocycles. The Bertz CT molecular complexity index is 746. The van der Waals surface area contributed by atoms with E-state index < -0.39 is 29.2 Å². The van der Waals surface area contributed by atoms with Crippen LogP contribution in [0.4, 0.5) is 13.2 Å². The summed E-state index contributed by atoms with van der Waals surface area (Å²) in [5, 5.41) is 10.9. The lowest BCUT2D eigenvalue weighted by molar-refractivity contribution is -0.141. The van der Waals surface area contributed by atoms with Gasteiger partial charge in [0.15, 0.2) is 5.69 Å². The second-order valence-corrected chi connectivity index (χ2v) is 4.72. The van der Waals surface area contributed by atoms with Crippen LogP contribution in [0.2, 0.25) is 0 Å². The number of hydrogen-bond acceptors (Lipinski definition) is 4. The fourth-order valence-corrected chi connectivity index (χ4v) is 1.93. The predicted octanol–water partition coefficient (Wildman–Crippen LogP) is 2.15. The number of carbonyl (C=O) groups excluding carboxylic acids is 2. The Morgan fingerprint density at radius 2 is 1.75 bits per heavy atom. The maximum atomic E-state index is 12.8. The van der Waals surface area contributed by atoms with E-state index in [0.29, 0.717) is 5.56 Å². The molecule has 2 aromatic rings. The number of aromatic nitrogens is 1. The van der Waals surface area contributed by atoms with Crippen LogP contribution in [0.5, 0.6) is 0 Å². The lowest BCUT2D eigenvalue weighted by Crippen LogP contribution is -2.26. The lowest BCUT2D eigenvalue weighted by atomic mass is 10.1. The number of nitrogens with zero attached hydrogens (tertiary/aromatic N) is 1. The van der Waals surface area contributed by atoms with E-state index in [0.717, 1.165) is 12.3 Å². The van der Waals surface area contributed by atoms with Crippen LogP contribution in [-0.2, 0) is 12.7 Å². The van der Waals surface area contributed by atoms with Crippen LogP contribution in [0.3, 0.4) is 0 Å². The highest BCUT2D eigenvalue weighted by Gasteiger charge is 2.36. The molecule has 6 nitrogen and oxygen atoms in total. The molecule has 0 aliphatic rings. The highest BCUT2D eigenvalue weighted by molar-refractivity contribution is 5.95. The van der Waals surface area contributed by atoms with Gasteiger partial charge in [-0.3, -0.25) is 19.8 Å². The Morgan fingerprint density at radius 3 is 2.33 bits per heavy atom. The molecule has 0 saturated carbocycles. The first kappa shape index (κ1) is 17.4. The van der Waals surface area contributed by atoms with Crippen molar-refractivity contribution in [2.45, 2.75) is 12.7 Å². The molecule has 0 atom stereocenters. The summed E-state index contributed by atoms with van der Waals surface area (Å²) in [6.07, 6.45) is -3.77. The zero-order chi connectivity index (χ0) is 17.7. The second-order valence-electron chi connectivity index (χ2n) is 4.72. The highest BCUT2D eigenvalue weighted by atomic mass is 19.4. The number of hydroxylamine groups is 1. The van der Waals surface area contributed by atoms with Gasteiger partial charge in [0, 0.05) is 18.3 Å². The minimum Gasteiger partial charge on any atom is -0.348 e. The second kappa shape index (κ2) is 7.09. The summed E-state index contributed by atoms with van der Waals surface area (Å²) >= 11 is 0. The number of nitrogens with one attached hydrogen (secondary N) is 2. The first-order valence-corrected chi connectivity index (χ1v) is 6.66. The molecule has 1 aromatic heterocycles. The average molecular weight is 339 g/mol. The quantitative estimate of drug-likeness (QED) is 0.588. The summed E-state index contributed by atoms with van der Waals surface area (Å²) in [6, 6.07) is 8.08. The molecule has 1 heterocycles. The summed E-state index contributed by atoms with van der Waals surface area (Å²) in [5.41, 5.74) is 0.409. The number of benzene rings is 1. The van der Waals surface area contributed by atoms with Crippen molar-refractivity contribution in [3.8, 4) is 0 Å². The third-order valence-electron chi connectivity index (χ3n) is 3.09. The molecular weight excluding hydrogens is 327 g/mol. The van der Waals surface area contributed by atoms with Gasteiger partial charge in [-0.2, -0.15) is 13.2 Å². The van der Waals surface area contributed by atoms with Gasteiger partial charge in [0.25, 0.3) is 11.8 Å². The molecule has 2 rings (SSSR count). The van der Waals surface area contributed by atoms with Gasteiger partial charge in [-0.1, -0.05) is 12.1 Å². The average Bonchev–Trinajstić information content (AvgIpc) is 2.58. The monoisotopic (exact) mass is 339 g/mol. The van der Waals surface area contributed by atoms with E-state index in [9.17, 15) is 22.8 Å². The minimum absolute atomic E-state index is 0.0357. The molecular formula is C15H12F3N3O3. The van der Waals surface area contributed by atoms with E-state index in [1.54, 1.807) is 0 Å². The molecule has 0 radical (unpaired) electrons. The topological polar surface area (TPSA) is 91.3 Å². The van der Waals surface area contributed by atoms with Crippen LogP contribution in [0.1, 0.15) is 32.0 Å². The molecule has 0 bridgehead atoms. The van der Waals surface area contributed by atoms with Crippen molar-refractivity contribution in [1.82, 2.24) is 15.8 Å². The molecule has 9 heteroatoms. The van der Waals surface area contributed by atoms with E-state index in [-0.39, 0.29) is 12.1 Å². The third-order valence-corrected chi connectivity index (χ3v) is 3.09. The number of pyridine rings is 1. The maximum absolute atomic E-state index is 12.8. The molecule has 2 amide bonds. The molecule has 126 valence electrons. The SMILES string of the molecule is O=C(NO)c1ccc(CNC(=O)c2cccnc2C(F)(F)F)cc1. The van der Waals surface area contributed by atoms with Gasteiger partial charge >= 0.3 is 6.18 Å². The van der Waals surface area contributed by atoms with E-state index in [1.165, 1.54) is 35.8 Å². The van der Waals surface area contributed by atoms with Crippen molar-refractivity contribution in [2.24, 2.45) is 0 Å². The van der Waals surface area contributed by atoms with Crippen molar-refractivity contribution < 1.29 is 28.0 Å². The predicted molar refractivity (Wildman–Crippen MR) is 76.1 cm³/mol. The number of carbonyl (C=O) groups is 2. The molecule has 0 aliphatic heterocycles. The van der Waals surface area contributed by atoms with Gasteiger partial charge < -0.3 is 5.32 Å². The minimum atomic E-state index is -4.73. The largest absolute Gasteiger partial charge is 0.434 e. The number of alkyl halides is 3. The molecule has 24 heavy (non-hydrogen) atoms. The number of hydrogen-bond donors (Lipinski definition) is 3. The Kier molecular flexibility index (Phi) is 5.14. The van der Waals surface area contributed by atoms with Gasteiger partial charge in [-0.25, -0.2) is 5.48 Å². The highest BCUT2D eigenvalue weighted by Crippen LogP contribution is 2.29. The first-order chi connectivity index (χ1) is 11.3. The van der Waals surface area contributed by atoms with Crippen LogP contribution < -0.4 is 10.8 Å². The summed E-state index contributed by atoms with van der Waals surface area (Å²) in [6.45, 7) is -0.0357. The van der Waals surface area contributed by atoms with Crippen LogP contribution in [0, 0.1) is 0 Å². The van der Waals surface area contributed by atoms with E-state index >= 15 is 0 Å². The fraction of sp³-hybridized carbons (Fsp3) is 0.133. The summed E-state index contributed by atoms with van der Waals surface area (Å²) < 4.78 is 38.5. The fourth-order valence-electron chi connectivity index (χ4n) is 1.93. The Labute approximate surface area is 134 Å². The van der Waals surface area contributed by atoms with Crippen molar-refractivity contribution in [3.05, 3.63) is 65.0 Å². The normalized spacial score (nSPS) is 11.0. The van der Waals surface area contributed by atoms with Gasteiger partial charge in [0.2, 0.25) is 0 Å². The van der Waals surface area contributed by atoms with E-state index in [4.69, 9.17) is 5.21 Å². The Hall–Kier alpha value is -2.94. The van der Waals surface area contributed by atoms with Gasteiger partial charge in [0.1, 0.15) is 0 Å². The van der Waals surface area contributed by atoms with Crippen molar-refractivity contribution >= 4 is 11.8 Å². The third kappa shape index (κ3) is 4.07. The van der Waals surface area contributed by atoms with Crippen molar-refractivity contribution in [3.63, 3.8) is 0 Å². The maximum Gasteiger partial charge on any atom is 0.434 e. The van der Waals surface area contributed by atoms with E-state index in [1.807, 2.05) is 0 Å². The Morgan fingerprint density at radius 1 is 1.08 bits per heavy atom. The van der Waals surface area contributed by atoms with Crippen LogP contribution in [-0.4, -0.2) is 22.0 Å². The van der Waals surface area contributed by atoms with Crippen molar-refractivity contribution in [2.75, 3.05) is 0 Å². The number of halogens is 3. The number of rotatable bonds is 4. The molecule has 0 unspecified atom stereocenters.